The number of halogens is 7. The molecule has 0 radical (unpaired) electrons. The maximum Gasteiger partial charge on any atom is 0.431 e. The minimum Gasteiger partial charge on any atom is -0.379 e. The van der Waals surface area contributed by atoms with Gasteiger partial charge in [-0.25, -0.2) is 4.39 Å². The Morgan fingerprint density at radius 3 is 1.35 bits per heavy atom. The van der Waals surface area contributed by atoms with Crippen LogP contribution in [0.2, 0.25) is 0 Å². The zero-order chi connectivity index (χ0) is 28.0. The number of hydrogen-bond acceptors (Lipinski definition) is 2. The molecule has 9 heteroatoms. The Kier molecular flexibility index (Phi) is 20.9. The lowest BCUT2D eigenvalue weighted by molar-refractivity contribution is -0.343. The van der Waals surface area contributed by atoms with Gasteiger partial charge in [-0.2, -0.15) is 26.3 Å². The van der Waals surface area contributed by atoms with E-state index in [2.05, 4.69) is 13.8 Å². The van der Waals surface area contributed by atoms with Gasteiger partial charge in [-0.3, -0.25) is 0 Å². The van der Waals surface area contributed by atoms with Crippen LogP contribution < -0.4 is 0 Å². The zero-order valence-corrected chi connectivity index (χ0v) is 23.1. The highest BCUT2D eigenvalue weighted by molar-refractivity contribution is 4.94. The lowest BCUT2D eigenvalue weighted by Crippen LogP contribution is -2.53. The van der Waals surface area contributed by atoms with Gasteiger partial charge in [0.1, 0.15) is 0 Å². The van der Waals surface area contributed by atoms with Crippen LogP contribution in [-0.2, 0) is 9.47 Å². The second-order valence-corrected chi connectivity index (χ2v) is 10.2. The number of alkyl halides is 7. The molecule has 0 aliphatic carbocycles. The zero-order valence-electron chi connectivity index (χ0n) is 23.1. The summed E-state index contributed by atoms with van der Waals surface area (Å²) in [5.41, 5.74) is -5.10. The minimum atomic E-state index is -5.93. The second-order valence-electron chi connectivity index (χ2n) is 10.2. The standard InChI is InChI=1S/C28H51F7O2/c1-3-5-23-37-25(20-4-2)24-36-22-19-17-15-13-11-9-7-6-8-10-12-14-16-18-21-26(29,27(30,31)32)28(33,34)35/h25H,3-24H2,1-2H3. The summed E-state index contributed by atoms with van der Waals surface area (Å²) >= 11 is 0. The Bertz CT molecular complexity index is 496. The van der Waals surface area contributed by atoms with Crippen molar-refractivity contribution in [2.24, 2.45) is 0 Å². The summed E-state index contributed by atoms with van der Waals surface area (Å²) in [6, 6.07) is 0. The monoisotopic (exact) mass is 552 g/mol. The average Bonchev–Trinajstić information content (AvgIpc) is 2.81. The van der Waals surface area contributed by atoms with Crippen LogP contribution in [0.25, 0.3) is 0 Å². The summed E-state index contributed by atoms with van der Waals surface area (Å²) in [6.45, 7) is 6.61. The molecular formula is C28H51F7O2. The van der Waals surface area contributed by atoms with Gasteiger partial charge in [0.2, 0.25) is 0 Å². The molecule has 0 aromatic rings. The Balaban J connectivity index is 3.52. The van der Waals surface area contributed by atoms with Gasteiger partial charge in [-0.1, -0.05) is 104 Å². The highest BCUT2D eigenvalue weighted by Crippen LogP contribution is 2.49. The fourth-order valence-electron chi connectivity index (χ4n) is 4.28. The van der Waals surface area contributed by atoms with Crippen LogP contribution in [0.5, 0.6) is 0 Å². The Morgan fingerprint density at radius 1 is 0.514 bits per heavy atom. The highest BCUT2D eigenvalue weighted by Gasteiger charge is 2.71. The highest BCUT2D eigenvalue weighted by atomic mass is 19.4. The molecule has 0 rings (SSSR count). The molecule has 1 atom stereocenters. The third-order valence-corrected chi connectivity index (χ3v) is 6.72. The van der Waals surface area contributed by atoms with Crippen LogP contribution in [0.4, 0.5) is 30.7 Å². The lowest BCUT2D eigenvalue weighted by Gasteiger charge is -2.29. The van der Waals surface area contributed by atoms with E-state index in [0.29, 0.717) is 13.0 Å². The van der Waals surface area contributed by atoms with Gasteiger partial charge >= 0.3 is 12.4 Å². The molecule has 0 heterocycles. The smallest absolute Gasteiger partial charge is 0.379 e. The molecule has 0 aliphatic heterocycles. The number of unbranched alkanes of at least 4 members (excludes halogenated alkanes) is 14. The van der Waals surface area contributed by atoms with E-state index in [1.54, 1.807) is 0 Å². The molecule has 224 valence electrons. The van der Waals surface area contributed by atoms with Crippen LogP contribution in [0.3, 0.4) is 0 Å². The molecule has 0 bridgehead atoms. The Morgan fingerprint density at radius 2 is 0.946 bits per heavy atom. The normalized spacial score (nSPS) is 13.9. The fourth-order valence-corrected chi connectivity index (χ4v) is 4.28. The van der Waals surface area contributed by atoms with E-state index in [-0.39, 0.29) is 12.5 Å². The van der Waals surface area contributed by atoms with Gasteiger partial charge in [0, 0.05) is 13.2 Å². The van der Waals surface area contributed by atoms with Crippen LogP contribution >= 0.6 is 0 Å². The van der Waals surface area contributed by atoms with Crippen LogP contribution in [0, 0.1) is 0 Å². The van der Waals surface area contributed by atoms with Gasteiger partial charge < -0.3 is 9.47 Å². The van der Waals surface area contributed by atoms with Crippen LogP contribution in [-0.4, -0.2) is 43.9 Å². The molecule has 0 fully saturated rings. The first-order chi connectivity index (χ1) is 17.5. The van der Waals surface area contributed by atoms with E-state index in [1.165, 1.54) is 32.1 Å². The Labute approximate surface area is 220 Å². The van der Waals surface area contributed by atoms with Crippen molar-refractivity contribution in [3.63, 3.8) is 0 Å². The fraction of sp³-hybridized carbons (Fsp3) is 1.00. The van der Waals surface area contributed by atoms with Crippen LogP contribution in [0.1, 0.15) is 136 Å². The molecule has 0 aromatic carbocycles. The summed E-state index contributed by atoms with van der Waals surface area (Å²) in [6.07, 6.45) is 3.41. The first-order valence-electron chi connectivity index (χ1n) is 14.5. The predicted molar refractivity (Wildman–Crippen MR) is 136 cm³/mol. The van der Waals surface area contributed by atoms with Crippen molar-refractivity contribution < 1.29 is 40.2 Å². The number of ether oxygens (including phenoxy) is 2. The SMILES string of the molecule is CCCCOC(CCC)COCCCCCCCCCCCCCCCCC(F)(C(F)(F)F)C(F)(F)F. The van der Waals surface area contributed by atoms with Crippen molar-refractivity contribution in [3.05, 3.63) is 0 Å². The topological polar surface area (TPSA) is 18.5 Å². The molecular weight excluding hydrogens is 501 g/mol. The first kappa shape index (κ1) is 36.4. The molecule has 0 aromatic heterocycles. The molecule has 2 nitrogen and oxygen atoms in total. The van der Waals surface area contributed by atoms with E-state index in [0.717, 1.165) is 77.4 Å². The average molecular weight is 553 g/mol. The van der Waals surface area contributed by atoms with Gasteiger partial charge in [-0.05, 0) is 32.1 Å². The summed E-state index contributed by atoms with van der Waals surface area (Å²) in [5, 5.41) is 0. The van der Waals surface area contributed by atoms with Crippen LogP contribution in [0.15, 0.2) is 0 Å². The molecule has 0 saturated carbocycles. The van der Waals surface area contributed by atoms with E-state index in [4.69, 9.17) is 9.47 Å². The largest absolute Gasteiger partial charge is 0.431 e. The van der Waals surface area contributed by atoms with E-state index in [9.17, 15) is 30.7 Å². The summed E-state index contributed by atoms with van der Waals surface area (Å²) < 4.78 is 100. The lowest BCUT2D eigenvalue weighted by atomic mass is 9.95. The molecule has 0 aliphatic rings. The number of hydrogen-bond donors (Lipinski definition) is 0. The van der Waals surface area contributed by atoms with Crippen molar-refractivity contribution in [3.8, 4) is 0 Å². The van der Waals surface area contributed by atoms with Crippen molar-refractivity contribution in [2.75, 3.05) is 19.8 Å². The second kappa shape index (κ2) is 21.3. The predicted octanol–water partition coefficient (Wildman–Crippen LogP) is 10.7. The van der Waals surface area contributed by atoms with Crippen molar-refractivity contribution in [1.29, 1.82) is 0 Å². The van der Waals surface area contributed by atoms with Gasteiger partial charge in [0.15, 0.2) is 0 Å². The van der Waals surface area contributed by atoms with Crippen molar-refractivity contribution >= 4 is 0 Å². The first-order valence-corrected chi connectivity index (χ1v) is 14.5. The number of rotatable bonds is 25. The molecule has 1 unspecified atom stereocenters. The molecule has 0 spiro atoms. The Hall–Kier alpha value is -0.570. The van der Waals surface area contributed by atoms with E-state index >= 15 is 0 Å². The maximum atomic E-state index is 13.5. The van der Waals surface area contributed by atoms with Gasteiger partial charge in [0.25, 0.3) is 5.67 Å². The molecule has 0 amide bonds. The summed E-state index contributed by atoms with van der Waals surface area (Å²) in [7, 11) is 0. The maximum absolute atomic E-state index is 13.5. The quantitative estimate of drug-likeness (QED) is 0.0828. The molecule has 0 N–H and O–H groups in total. The van der Waals surface area contributed by atoms with Crippen molar-refractivity contribution in [2.45, 2.75) is 160 Å². The van der Waals surface area contributed by atoms with Gasteiger partial charge in [0.05, 0.1) is 12.7 Å². The third kappa shape index (κ3) is 17.6. The molecule has 0 saturated heterocycles. The summed E-state index contributed by atoms with van der Waals surface area (Å²) in [4.78, 5) is 0. The minimum absolute atomic E-state index is 0.176. The van der Waals surface area contributed by atoms with Gasteiger partial charge in [-0.15, -0.1) is 0 Å². The molecule has 37 heavy (non-hydrogen) atoms. The van der Waals surface area contributed by atoms with E-state index in [1.807, 2.05) is 0 Å². The third-order valence-electron chi connectivity index (χ3n) is 6.72. The van der Waals surface area contributed by atoms with E-state index < -0.39 is 30.9 Å². The van der Waals surface area contributed by atoms with Crippen molar-refractivity contribution in [1.82, 2.24) is 0 Å². The summed E-state index contributed by atoms with van der Waals surface area (Å²) in [5.74, 6) is 0.